The van der Waals surface area contributed by atoms with Gasteiger partial charge in [-0.15, -0.1) is 21.5 Å². The summed E-state index contributed by atoms with van der Waals surface area (Å²) in [6.45, 7) is 3.08. The molecular formula is C11H19N3S. The van der Waals surface area contributed by atoms with Crippen LogP contribution in [0.25, 0.3) is 0 Å². The molecule has 1 saturated carbocycles. The van der Waals surface area contributed by atoms with Crippen molar-refractivity contribution >= 4 is 11.3 Å². The quantitative estimate of drug-likeness (QED) is 0.855. The molecule has 0 spiro atoms. The van der Waals surface area contributed by atoms with Gasteiger partial charge >= 0.3 is 0 Å². The fourth-order valence-electron chi connectivity index (χ4n) is 2.28. The van der Waals surface area contributed by atoms with Crippen molar-refractivity contribution in [2.24, 2.45) is 11.7 Å². The first kappa shape index (κ1) is 11.0. The minimum absolute atomic E-state index is 0.675. The van der Waals surface area contributed by atoms with Crippen LogP contribution in [-0.2, 0) is 6.42 Å². The van der Waals surface area contributed by atoms with Crippen LogP contribution < -0.4 is 5.73 Å². The lowest BCUT2D eigenvalue weighted by atomic mass is 9.99. The van der Waals surface area contributed by atoms with Crippen LogP contribution in [0, 0.1) is 5.92 Å². The molecule has 0 radical (unpaired) electrons. The lowest BCUT2D eigenvalue weighted by molar-refractivity contribution is 0.527. The van der Waals surface area contributed by atoms with E-state index in [0.717, 1.165) is 30.3 Å². The lowest BCUT2D eigenvalue weighted by Crippen LogP contribution is -2.00. The minimum Gasteiger partial charge on any atom is -0.330 e. The zero-order valence-electron chi connectivity index (χ0n) is 9.28. The Bertz CT molecular complexity index is 311. The van der Waals surface area contributed by atoms with Crippen LogP contribution in [0.3, 0.4) is 0 Å². The van der Waals surface area contributed by atoms with E-state index in [2.05, 4.69) is 17.1 Å². The summed E-state index contributed by atoms with van der Waals surface area (Å²) in [5, 5.41) is 11.0. The third-order valence-corrected chi connectivity index (χ3v) is 4.37. The number of hydrogen-bond donors (Lipinski definition) is 1. The van der Waals surface area contributed by atoms with Gasteiger partial charge in [-0.3, -0.25) is 0 Å². The first-order valence-corrected chi connectivity index (χ1v) is 6.65. The molecule has 1 aliphatic carbocycles. The highest BCUT2D eigenvalue weighted by molar-refractivity contribution is 7.11. The highest BCUT2D eigenvalue weighted by Gasteiger charge is 2.27. The maximum absolute atomic E-state index is 5.48. The van der Waals surface area contributed by atoms with E-state index in [4.69, 9.17) is 5.73 Å². The van der Waals surface area contributed by atoms with Gasteiger partial charge < -0.3 is 5.73 Å². The van der Waals surface area contributed by atoms with Crippen LogP contribution in [0.5, 0.6) is 0 Å². The van der Waals surface area contributed by atoms with Gasteiger partial charge in [0.05, 0.1) is 0 Å². The minimum atomic E-state index is 0.675. The predicted molar refractivity (Wildman–Crippen MR) is 63.0 cm³/mol. The molecule has 1 fully saturated rings. The standard InChI is InChI=1S/C11H19N3S/c1-8-4-2-5-9(8)11-14-13-10(15-11)6-3-7-12/h8-9H,2-7,12H2,1H3. The van der Waals surface area contributed by atoms with E-state index in [9.17, 15) is 0 Å². The summed E-state index contributed by atoms with van der Waals surface area (Å²) in [6.07, 6.45) is 6.02. The van der Waals surface area contributed by atoms with Crippen LogP contribution >= 0.6 is 11.3 Å². The molecule has 1 aliphatic rings. The number of hydrogen-bond acceptors (Lipinski definition) is 4. The van der Waals surface area contributed by atoms with Crippen LogP contribution in [0.15, 0.2) is 0 Å². The van der Waals surface area contributed by atoms with Crippen molar-refractivity contribution in [3.05, 3.63) is 10.0 Å². The summed E-state index contributed by atoms with van der Waals surface area (Å²) < 4.78 is 0. The normalized spacial score (nSPS) is 26.0. The van der Waals surface area contributed by atoms with Crippen molar-refractivity contribution in [3.63, 3.8) is 0 Å². The molecule has 15 heavy (non-hydrogen) atoms. The van der Waals surface area contributed by atoms with E-state index in [1.165, 1.54) is 24.3 Å². The molecule has 2 rings (SSSR count). The summed E-state index contributed by atoms with van der Waals surface area (Å²) >= 11 is 1.80. The van der Waals surface area contributed by atoms with E-state index >= 15 is 0 Å². The highest BCUT2D eigenvalue weighted by atomic mass is 32.1. The number of rotatable bonds is 4. The Morgan fingerprint density at radius 3 is 2.93 bits per heavy atom. The largest absolute Gasteiger partial charge is 0.330 e. The molecule has 0 bridgehead atoms. The molecule has 1 aromatic heterocycles. The van der Waals surface area contributed by atoms with E-state index in [-0.39, 0.29) is 0 Å². The summed E-state index contributed by atoms with van der Waals surface area (Å²) in [6, 6.07) is 0. The van der Waals surface area contributed by atoms with Crippen molar-refractivity contribution in [1.29, 1.82) is 0 Å². The molecule has 3 nitrogen and oxygen atoms in total. The van der Waals surface area contributed by atoms with Gasteiger partial charge in [0.1, 0.15) is 10.0 Å². The highest BCUT2D eigenvalue weighted by Crippen LogP contribution is 2.40. The lowest BCUT2D eigenvalue weighted by Gasteiger charge is -2.09. The second-order valence-corrected chi connectivity index (χ2v) is 5.53. The number of aryl methyl sites for hydroxylation is 1. The monoisotopic (exact) mass is 225 g/mol. The number of nitrogens with two attached hydrogens (primary N) is 1. The van der Waals surface area contributed by atoms with Gasteiger partial charge in [0.25, 0.3) is 0 Å². The fraction of sp³-hybridized carbons (Fsp3) is 0.818. The SMILES string of the molecule is CC1CCCC1c1nnc(CCCN)s1. The Hall–Kier alpha value is -0.480. The number of aromatic nitrogens is 2. The van der Waals surface area contributed by atoms with Gasteiger partial charge in [-0.2, -0.15) is 0 Å². The van der Waals surface area contributed by atoms with Gasteiger partial charge in [-0.25, -0.2) is 0 Å². The molecule has 2 unspecified atom stereocenters. The van der Waals surface area contributed by atoms with Crippen molar-refractivity contribution in [2.75, 3.05) is 6.54 Å². The molecular weight excluding hydrogens is 206 g/mol. The van der Waals surface area contributed by atoms with Gasteiger partial charge in [-0.05, 0) is 25.3 Å². The zero-order valence-corrected chi connectivity index (χ0v) is 10.1. The van der Waals surface area contributed by atoms with Gasteiger partial charge in [0, 0.05) is 12.3 Å². The van der Waals surface area contributed by atoms with Crippen LogP contribution in [-0.4, -0.2) is 16.7 Å². The molecule has 0 aromatic carbocycles. The molecule has 2 atom stereocenters. The van der Waals surface area contributed by atoms with E-state index in [1.54, 1.807) is 11.3 Å². The van der Waals surface area contributed by atoms with Crippen LogP contribution in [0.1, 0.15) is 48.5 Å². The molecule has 1 aromatic rings. The Kier molecular flexibility index (Phi) is 3.70. The fourth-order valence-corrected chi connectivity index (χ4v) is 3.44. The van der Waals surface area contributed by atoms with Crippen molar-refractivity contribution in [2.45, 2.75) is 44.9 Å². The molecule has 84 valence electrons. The number of nitrogens with zero attached hydrogens (tertiary/aromatic N) is 2. The van der Waals surface area contributed by atoms with Crippen molar-refractivity contribution < 1.29 is 0 Å². The third kappa shape index (κ3) is 2.55. The maximum atomic E-state index is 5.48. The summed E-state index contributed by atoms with van der Waals surface area (Å²) in [4.78, 5) is 0. The first-order chi connectivity index (χ1) is 7.31. The maximum Gasteiger partial charge on any atom is 0.120 e. The Morgan fingerprint density at radius 2 is 2.27 bits per heavy atom. The summed E-state index contributed by atoms with van der Waals surface area (Å²) in [5.41, 5.74) is 5.48. The van der Waals surface area contributed by atoms with E-state index in [0.29, 0.717) is 5.92 Å². The molecule has 0 saturated heterocycles. The van der Waals surface area contributed by atoms with E-state index < -0.39 is 0 Å². The molecule has 4 heteroatoms. The molecule has 2 N–H and O–H groups in total. The summed E-state index contributed by atoms with van der Waals surface area (Å²) in [7, 11) is 0. The smallest absolute Gasteiger partial charge is 0.120 e. The zero-order chi connectivity index (χ0) is 10.7. The summed E-state index contributed by atoms with van der Waals surface area (Å²) in [5.74, 6) is 1.47. The average molecular weight is 225 g/mol. The first-order valence-electron chi connectivity index (χ1n) is 5.83. The van der Waals surface area contributed by atoms with Gasteiger partial charge in [-0.1, -0.05) is 19.8 Å². The van der Waals surface area contributed by atoms with Crippen LogP contribution in [0.4, 0.5) is 0 Å². The average Bonchev–Trinajstić information content (AvgIpc) is 2.83. The predicted octanol–water partition coefficient (Wildman–Crippen LogP) is 2.33. The van der Waals surface area contributed by atoms with Gasteiger partial charge in [0.2, 0.25) is 0 Å². The Labute approximate surface area is 95.1 Å². The Morgan fingerprint density at radius 1 is 1.40 bits per heavy atom. The molecule has 0 aliphatic heterocycles. The van der Waals surface area contributed by atoms with Crippen molar-refractivity contribution in [1.82, 2.24) is 10.2 Å². The second-order valence-electron chi connectivity index (χ2n) is 4.44. The van der Waals surface area contributed by atoms with Crippen molar-refractivity contribution in [3.8, 4) is 0 Å². The van der Waals surface area contributed by atoms with Gasteiger partial charge in [0.15, 0.2) is 0 Å². The second kappa shape index (κ2) is 5.03. The Balaban J connectivity index is 1.99. The molecule has 0 amide bonds. The third-order valence-electron chi connectivity index (χ3n) is 3.26. The van der Waals surface area contributed by atoms with E-state index in [1.807, 2.05) is 0 Å². The molecule has 1 heterocycles. The van der Waals surface area contributed by atoms with Crippen LogP contribution in [0.2, 0.25) is 0 Å². The topological polar surface area (TPSA) is 51.8 Å².